The van der Waals surface area contributed by atoms with Gasteiger partial charge in [0, 0.05) is 19.2 Å². The number of hydrogen-bond acceptors (Lipinski definition) is 3. The molecule has 0 aromatic rings. The van der Waals surface area contributed by atoms with E-state index in [1.807, 2.05) is 11.8 Å². The standard InChI is InChI=1S/C12H18N2O2/c1-9-11(5-8-16-9)12(15)14(7-2-6-13)10-3-4-10/h9-11H,2-5,7-8H2,1H3. The van der Waals surface area contributed by atoms with E-state index in [9.17, 15) is 4.79 Å². The smallest absolute Gasteiger partial charge is 0.228 e. The summed E-state index contributed by atoms with van der Waals surface area (Å²) in [4.78, 5) is 14.2. The Balaban J connectivity index is 1.96. The zero-order chi connectivity index (χ0) is 11.5. The van der Waals surface area contributed by atoms with Gasteiger partial charge in [-0.15, -0.1) is 0 Å². The maximum Gasteiger partial charge on any atom is 0.228 e. The molecule has 88 valence electrons. The van der Waals surface area contributed by atoms with Crippen LogP contribution in [0.1, 0.15) is 32.6 Å². The van der Waals surface area contributed by atoms with Crippen molar-refractivity contribution in [3.8, 4) is 6.07 Å². The van der Waals surface area contributed by atoms with Crippen molar-refractivity contribution in [2.24, 2.45) is 5.92 Å². The van der Waals surface area contributed by atoms with E-state index in [1.54, 1.807) is 0 Å². The minimum Gasteiger partial charge on any atom is -0.378 e. The second-order valence-electron chi connectivity index (χ2n) is 4.64. The van der Waals surface area contributed by atoms with E-state index in [4.69, 9.17) is 10.00 Å². The molecule has 2 aliphatic rings. The lowest BCUT2D eigenvalue weighted by atomic mass is 10.0. The van der Waals surface area contributed by atoms with Gasteiger partial charge in [0.15, 0.2) is 0 Å². The highest BCUT2D eigenvalue weighted by molar-refractivity contribution is 5.80. The predicted molar refractivity (Wildman–Crippen MR) is 58.5 cm³/mol. The number of carbonyl (C=O) groups excluding carboxylic acids is 1. The van der Waals surface area contributed by atoms with Crippen LogP contribution >= 0.6 is 0 Å². The van der Waals surface area contributed by atoms with Gasteiger partial charge in [-0.05, 0) is 26.2 Å². The van der Waals surface area contributed by atoms with Crippen LogP contribution in [0.25, 0.3) is 0 Å². The van der Waals surface area contributed by atoms with Gasteiger partial charge < -0.3 is 9.64 Å². The molecule has 4 nitrogen and oxygen atoms in total. The number of carbonyl (C=O) groups is 1. The number of ether oxygens (including phenoxy) is 1. The second-order valence-corrected chi connectivity index (χ2v) is 4.64. The minimum absolute atomic E-state index is 0.0132. The molecule has 0 bridgehead atoms. The van der Waals surface area contributed by atoms with Crippen molar-refractivity contribution in [2.45, 2.75) is 44.8 Å². The molecule has 1 aliphatic carbocycles. The third-order valence-electron chi connectivity index (χ3n) is 3.43. The van der Waals surface area contributed by atoms with E-state index in [0.29, 0.717) is 25.6 Å². The molecule has 0 spiro atoms. The summed E-state index contributed by atoms with van der Waals surface area (Å²) in [6.45, 7) is 3.24. The molecule has 4 heteroatoms. The Morgan fingerprint density at radius 1 is 1.50 bits per heavy atom. The summed E-state index contributed by atoms with van der Waals surface area (Å²) in [6.07, 6.45) is 3.49. The molecule has 0 aromatic carbocycles. The van der Waals surface area contributed by atoms with Crippen molar-refractivity contribution in [1.29, 1.82) is 5.26 Å². The SMILES string of the molecule is CC1OCCC1C(=O)N(CCC#N)C1CC1. The Hall–Kier alpha value is -1.08. The number of nitriles is 1. The lowest BCUT2D eigenvalue weighted by Gasteiger charge is -2.25. The molecule has 1 aliphatic heterocycles. The van der Waals surface area contributed by atoms with Gasteiger partial charge in [0.2, 0.25) is 5.91 Å². The fourth-order valence-corrected chi connectivity index (χ4v) is 2.30. The minimum atomic E-state index is 0.0132. The molecule has 1 saturated carbocycles. The van der Waals surface area contributed by atoms with E-state index in [-0.39, 0.29) is 17.9 Å². The van der Waals surface area contributed by atoms with Crippen molar-refractivity contribution < 1.29 is 9.53 Å². The lowest BCUT2D eigenvalue weighted by Crippen LogP contribution is -2.40. The number of rotatable bonds is 4. The zero-order valence-corrected chi connectivity index (χ0v) is 9.69. The second kappa shape index (κ2) is 4.84. The Morgan fingerprint density at radius 2 is 2.25 bits per heavy atom. The molecule has 0 aromatic heterocycles. The highest BCUT2D eigenvalue weighted by atomic mass is 16.5. The molecule has 16 heavy (non-hydrogen) atoms. The van der Waals surface area contributed by atoms with Crippen molar-refractivity contribution in [2.75, 3.05) is 13.2 Å². The highest BCUT2D eigenvalue weighted by Crippen LogP contribution is 2.31. The number of hydrogen-bond donors (Lipinski definition) is 0. The van der Waals surface area contributed by atoms with Crippen LogP contribution in [0.4, 0.5) is 0 Å². The third-order valence-corrected chi connectivity index (χ3v) is 3.43. The Bertz CT molecular complexity index is 307. The largest absolute Gasteiger partial charge is 0.378 e. The summed E-state index contributed by atoms with van der Waals surface area (Å²) < 4.78 is 5.43. The maximum absolute atomic E-state index is 12.3. The summed E-state index contributed by atoms with van der Waals surface area (Å²) >= 11 is 0. The third kappa shape index (κ3) is 2.35. The van der Waals surface area contributed by atoms with Gasteiger partial charge in [-0.3, -0.25) is 4.79 Å². The monoisotopic (exact) mass is 222 g/mol. The van der Waals surface area contributed by atoms with E-state index < -0.39 is 0 Å². The van der Waals surface area contributed by atoms with Crippen molar-refractivity contribution in [3.63, 3.8) is 0 Å². The lowest BCUT2D eigenvalue weighted by molar-refractivity contribution is -0.137. The Labute approximate surface area is 96.2 Å². The molecule has 2 unspecified atom stereocenters. The number of nitrogens with zero attached hydrogens (tertiary/aromatic N) is 2. The Morgan fingerprint density at radius 3 is 2.75 bits per heavy atom. The van der Waals surface area contributed by atoms with E-state index in [0.717, 1.165) is 19.3 Å². The van der Waals surface area contributed by atoms with Crippen LogP contribution in [0.3, 0.4) is 0 Å². The summed E-state index contributed by atoms with van der Waals surface area (Å²) in [5.74, 6) is 0.210. The molecular weight excluding hydrogens is 204 g/mol. The predicted octanol–water partition coefficient (Wildman–Crippen LogP) is 1.32. The molecular formula is C12H18N2O2. The van der Waals surface area contributed by atoms with E-state index in [2.05, 4.69) is 6.07 Å². The first-order valence-electron chi connectivity index (χ1n) is 6.03. The van der Waals surface area contributed by atoms with Gasteiger partial charge >= 0.3 is 0 Å². The molecule has 2 rings (SSSR count). The molecule has 2 atom stereocenters. The topological polar surface area (TPSA) is 53.3 Å². The van der Waals surface area contributed by atoms with Crippen LogP contribution in [0.5, 0.6) is 0 Å². The first kappa shape index (κ1) is 11.4. The van der Waals surface area contributed by atoms with Gasteiger partial charge in [0.05, 0.1) is 24.5 Å². The van der Waals surface area contributed by atoms with E-state index in [1.165, 1.54) is 0 Å². The fraction of sp³-hybridized carbons (Fsp3) is 0.833. The summed E-state index contributed by atoms with van der Waals surface area (Å²) in [5, 5.41) is 8.60. The van der Waals surface area contributed by atoms with Crippen LogP contribution in [-0.2, 0) is 9.53 Å². The van der Waals surface area contributed by atoms with Crippen LogP contribution < -0.4 is 0 Å². The van der Waals surface area contributed by atoms with Crippen LogP contribution in [0, 0.1) is 17.2 Å². The van der Waals surface area contributed by atoms with Gasteiger partial charge in [-0.25, -0.2) is 0 Å². The van der Waals surface area contributed by atoms with Crippen molar-refractivity contribution >= 4 is 5.91 Å². The molecule has 1 amide bonds. The fourth-order valence-electron chi connectivity index (χ4n) is 2.30. The van der Waals surface area contributed by atoms with Crippen molar-refractivity contribution in [3.05, 3.63) is 0 Å². The van der Waals surface area contributed by atoms with E-state index >= 15 is 0 Å². The molecule has 2 fully saturated rings. The van der Waals surface area contributed by atoms with Gasteiger partial charge in [-0.1, -0.05) is 0 Å². The van der Waals surface area contributed by atoms with Gasteiger partial charge in [0.25, 0.3) is 0 Å². The van der Waals surface area contributed by atoms with Crippen LogP contribution in [0.15, 0.2) is 0 Å². The molecule has 1 heterocycles. The molecule has 1 saturated heterocycles. The average molecular weight is 222 g/mol. The summed E-state index contributed by atoms with van der Waals surface area (Å²) in [5.41, 5.74) is 0. The molecule has 0 radical (unpaired) electrons. The molecule has 0 N–H and O–H groups in total. The first-order valence-corrected chi connectivity index (χ1v) is 6.03. The Kier molecular flexibility index (Phi) is 3.45. The van der Waals surface area contributed by atoms with Gasteiger partial charge in [0.1, 0.15) is 0 Å². The first-order chi connectivity index (χ1) is 7.74. The average Bonchev–Trinajstić information content (AvgIpc) is 3.01. The quantitative estimate of drug-likeness (QED) is 0.720. The maximum atomic E-state index is 12.3. The number of amides is 1. The summed E-state index contributed by atoms with van der Waals surface area (Å²) in [7, 11) is 0. The summed E-state index contributed by atoms with van der Waals surface area (Å²) in [6, 6.07) is 2.51. The zero-order valence-electron chi connectivity index (χ0n) is 9.69. The van der Waals surface area contributed by atoms with Gasteiger partial charge in [-0.2, -0.15) is 5.26 Å². The normalized spacial score (nSPS) is 28.8. The highest BCUT2D eigenvalue weighted by Gasteiger charge is 2.39. The van der Waals surface area contributed by atoms with Crippen LogP contribution in [0.2, 0.25) is 0 Å². The van der Waals surface area contributed by atoms with Crippen molar-refractivity contribution in [1.82, 2.24) is 4.90 Å². The van der Waals surface area contributed by atoms with Crippen LogP contribution in [-0.4, -0.2) is 36.1 Å².